The number of nitrogens with zero attached hydrogens (tertiary/aromatic N) is 4. The maximum Gasteiger partial charge on any atom is 0.203 e. The second-order valence-electron chi connectivity index (χ2n) is 3.19. The lowest BCUT2D eigenvalue weighted by atomic mass is 10.1. The molecular weight excluding hydrogens is 333 g/mol. The van der Waals surface area contributed by atoms with Crippen molar-refractivity contribution in [2.75, 3.05) is 6.54 Å². The van der Waals surface area contributed by atoms with E-state index in [-0.39, 0.29) is 12.3 Å². The summed E-state index contributed by atoms with van der Waals surface area (Å²) in [4.78, 5) is 11.5. The molecule has 0 saturated heterocycles. The Morgan fingerprint density at radius 2 is 2.00 bits per heavy atom. The second kappa shape index (κ2) is 5.23. The Kier molecular flexibility index (Phi) is 3.69. The molecular formula is C10H8IN5O. The van der Waals surface area contributed by atoms with Crippen LogP contribution in [-0.4, -0.2) is 32.7 Å². The highest BCUT2D eigenvalue weighted by Crippen LogP contribution is 2.20. The van der Waals surface area contributed by atoms with Crippen LogP contribution in [0.5, 0.6) is 0 Å². The molecule has 7 heteroatoms. The second-order valence-corrected chi connectivity index (χ2v) is 4.35. The van der Waals surface area contributed by atoms with E-state index in [0.717, 1.165) is 9.13 Å². The van der Waals surface area contributed by atoms with Crippen molar-refractivity contribution in [3.63, 3.8) is 0 Å². The van der Waals surface area contributed by atoms with Crippen molar-refractivity contribution in [2.45, 2.75) is 0 Å². The molecule has 17 heavy (non-hydrogen) atoms. The minimum atomic E-state index is -0.0915. The lowest BCUT2D eigenvalue weighted by molar-refractivity contribution is 0.100. The van der Waals surface area contributed by atoms with E-state index in [9.17, 15) is 4.79 Å². The topological polar surface area (TPSA) is 94.7 Å². The van der Waals surface area contributed by atoms with Crippen LogP contribution in [0, 0.1) is 3.57 Å². The summed E-state index contributed by atoms with van der Waals surface area (Å²) in [7, 11) is 0. The van der Waals surface area contributed by atoms with E-state index in [1.165, 1.54) is 6.33 Å². The number of rotatable bonds is 3. The molecule has 0 radical (unpaired) electrons. The Morgan fingerprint density at radius 3 is 2.59 bits per heavy atom. The van der Waals surface area contributed by atoms with Gasteiger partial charge in [0.2, 0.25) is 5.82 Å². The van der Waals surface area contributed by atoms with E-state index >= 15 is 0 Å². The SMILES string of the molecule is NCC(=O)c1ccc(-c2nncnn2)cc1I. The van der Waals surface area contributed by atoms with Gasteiger partial charge in [0, 0.05) is 14.7 Å². The molecule has 1 heterocycles. The molecule has 6 nitrogen and oxygen atoms in total. The number of hydrogen-bond donors (Lipinski definition) is 1. The van der Waals surface area contributed by atoms with Gasteiger partial charge >= 0.3 is 0 Å². The van der Waals surface area contributed by atoms with Crippen LogP contribution in [0.1, 0.15) is 10.4 Å². The van der Waals surface area contributed by atoms with Crippen LogP contribution in [0.25, 0.3) is 11.4 Å². The fourth-order valence-electron chi connectivity index (χ4n) is 1.31. The van der Waals surface area contributed by atoms with Crippen molar-refractivity contribution in [1.29, 1.82) is 0 Å². The monoisotopic (exact) mass is 341 g/mol. The fraction of sp³-hybridized carbons (Fsp3) is 0.100. The van der Waals surface area contributed by atoms with Gasteiger partial charge in [-0.1, -0.05) is 6.07 Å². The lowest BCUT2D eigenvalue weighted by Gasteiger charge is -2.04. The van der Waals surface area contributed by atoms with Crippen LogP contribution >= 0.6 is 22.6 Å². The number of nitrogens with two attached hydrogens (primary N) is 1. The maximum absolute atomic E-state index is 11.5. The van der Waals surface area contributed by atoms with Crippen molar-refractivity contribution in [1.82, 2.24) is 20.4 Å². The lowest BCUT2D eigenvalue weighted by Crippen LogP contribution is -2.14. The molecule has 0 atom stereocenters. The van der Waals surface area contributed by atoms with Crippen LogP contribution in [0.4, 0.5) is 0 Å². The van der Waals surface area contributed by atoms with E-state index in [2.05, 4.69) is 43.0 Å². The summed E-state index contributed by atoms with van der Waals surface area (Å²) in [5, 5.41) is 15.0. The van der Waals surface area contributed by atoms with E-state index in [1.54, 1.807) is 12.1 Å². The third-order valence-corrected chi connectivity index (χ3v) is 3.01. The number of carbonyl (C=O) groups excluding carboxylic acids is 1. The van der Waals surface area contributed by atoms with Crippen molar-refractivity contribution < 1.29 is 4.79 Å². The Balaban J connectivity index is 2.41. The van der Waals surface area contributed by atoms with Crippen LogP contribution in [0.15, 0.2) is 24.5 Å². The van der Waals surface area contributed by atoms with Gasteiger partial charge in [-0.2, -0.15) is 0 Å². The highest BCUT2D eigenvalue weighted by atomic mass is 127. The predicted molar refractivity (Wildman–Crippen MR) is 69.2 cm³/mol. The Morgan fingerprint density at radius 1 is 1.29 bits per heavy atom. The highest BCUT2D eigenvalue weighted by Gasteiger charge is 2.10. The number of Topliss-reactive ketones (excluding diaryl/α,β-unsaturated/α-hetero) is 1. The number of carbonyl (C=O) groups is 1. The number of hydrogen-bond acceptors (Lipinski definition) is 6. The normalized spacial score (nSPS) is 10.2. The van der Waals surface area contributed by atoms with Gasteiger partial charge < -0.3 is 5.73 Å². The van der Waals surface area contributed by atoms with Gasteiger partial charge in [0.15, 0.2) is 12.1 Å². The van der Waals surface area contributed by atoms with Gasteiger partial charge in [-0.15, -0.1) is 20.4 Å². The third kappa shape index (κ3) is 2.61. The summed E-state index contributed by atoms with van der Waals surface area (Å²) in [6.07, 6.45) is 1.26. The Hall–Kier alpha value is -1.48. The molecule has 0 spiro atoms. The fourth-order valence-corrected chi connectivity index (χ4v) is 2.13. The largest absolute Gasteiger partial charge is 0.324 e. The molecule has 86 valence electrons. The minimum absolute atomic E-state index is 0.000294. The molecule has 0 saturated carbocycles. The molecule has 0 bridgehead atoms. The summed E-state index contributed by atoms with van der Waals surface area (Å²) >= 11 is 2.08. The summed E-state index contributed by atoms with van der Waals surface area (Å²) in [5.41, 5.74) is 6.70. The molecule has 1 aromatic heterocycles. The number of halogens is 1. The van der Waals surface area contributed by atoms with E-state index in [1.807, 2.05) is 6.07 Å². The summed E-state index contributed by atoms with van der Waals surface area (Å²) in [6.45, 7) is 0.000294. The predicted octanol–water partition coefficient (Wildman–Crippen LogP) is 0.680. The zero-order chi connectivity index (χ0) is 12.3. The standard InChI is InChI=1S/C10H8IN5O/c11-8-3-6(10-15-13-5-14-16-10)1-2-7(8)9(17)4-12/h1-3,5H,4,12H2. The molecule has 0 unspecified atom stereocenters. The molecule has 0 amide bonds. The summed E-state index contributed by atoms with van der Waals surface area (Å²) in [6, 6.07) is 5.27. The van der Waals surface area contributed by atoms with Gasteiger partial charge in [0.05, 0.1) is 6.54 Å². The molecule has 0 aliphatic carbocycles. The number of aromatic nitrogens is 4. The summed E-state index contributed by atoms with van der Waals surface area (Å²) in [5.74, 6) is 0.336. The van der Waals surface area contributed by atoms with Gasteiger partial charge in [-0.3, -0.25) is 4.79 Å². The van der Waals surface area contributed by atoms with Crippen molar-refractivity contribution in [2.24, 2.45) is 5.73 Å². The van der Waals surface area contributed by atoms with Crippen LogP contribution in [-0.2, 0) is 0 Å². The van der Waals surface area contributed by atoms with Crippen LogP contribution in [0.2, 0.25) is 0 Å². The molecule has 2 rings (SSSR count). The van der Waals surface area contributed by atoms with Gasteiger partial charge in [-0.25, -0.2) is 0 Å². The Labute approximate surface area is 111 Å². The van der Waals surface area contributed by atoms with Gasteiger partial charge in [0.25, 0.3) is 0 Å². The molecule has 1 aromatic carbocycles. The average Bonchev–Trinajstić information content (AvgIpc) is 2.39. The van der Waals surface area contributed by atoms with Gasteiger partial charge in [-0.05, 0) is 34.7 Å². The Bertz CT molecular complexity index is 546. The molecule has 2 aromatic rings. The van der Waals surface area contributed by atoms with Crippen LogP contribution in [0.3, 0.4) is 0 Å². The smallest absolute Gasteiger partial charge is 0.203 e. The first-order valence-electron chi connectivity index (χ1n) is 4.76. The first kappa shape index (κ1) is 12.0. The van der Waals surface area contributed by atoms with Crippen molar-refractivity contribution in [3.05, 3.63) is 33.7 Å². The molecule has 0 aliphatic heterocycles. The van der Waals surface area contributed by atoms with Gasteiger partial charge in [0.1, 0.15) is 0 Å². The van der Waals surface area contributed by atoms with E-state index < -0.39 is 0 Å². The third-order valence-electron chi connectivity index (χ3n) is 2.12. The van der Waals surface area contributed by atoms with Crippen molar-refractivity contribution >= 4 is 28.4 Å². The highest BCUT2D eigenvalue weighted by molar-refractivity contribution is 14.1. The van der Waals surface area contributed by atoms with Crippen LogP contribution < -0.4 is 5.73 Å². The van der Waals surface area contributed by atoms with E-state index in [4.69, 9.17) is 5.73 Å². The summed E-state index contributed by atoms with van der Waals surface area (Å²) < 4.78 is 0.808. The molecule has 0 fully saturated rings. The minimum Gasteiger partial charge on any atom is -0.324 e. The average molecular weight is 341 g/mol. The maximum atomic E-state index is 11.5. The zero-order valence-electron chi connectivity index (χ0n) is 8.67. The number of ketones is 1. The number of benzene rings is 1. The molecule has 2 N–H and O–H groups in total. The zero-order valence-corrected chi connectivity index (χ0v) is 10.8. The van der Waals surface area contributed by atoms with E-state index in [0.29, 0.717) is 11.4 Å². The van der Waals surface area contributed by atoms with Crippen molar-refractivity contribution in [3.8, 4) is 11.4 Å². The first-order chi connectivity index (χ1) is 8.22. The molecule has 0 aliphatic rings. The quantitative estimate of drug-likeness (QED) is 0.652. The first-order valence-corrected chi connectivity index (χ1v) is 5.84.